The molecule has 1 N–H and O–H groups in total. The van der Waals surface area contributed by atoms with Crippen molar-refractivity contribution in [3.63, 3.8) is 0 Å². The van der Waals surface area contributed by atoms with Gasteiger partial charge in [-0.2, -0.15) is 0 Å². The van der Waals surface area contributed by atoms with Gasteiger partial charge in [0.25, 0.3) is 0 Å². The normalized spacial score (nSPS) is 12.1. The highest BCUT2D eigenvalue weighted by atomic mass is 35.5. The van der Waals surface area contributed by atoms with Crippen LogP contribution in [0.25, 0.3) is 0 Å². The Labute approximate surface area is 111 Å². The van der Waals surface area contributed by atoms with Crippen molar-refractivity contribution in [3.05, 3.63) is 22.3 Å². The van der Waals surface area contributed by atoms with E-state index in [1.807, 2.05) is 6.92 Å². The molecule has 0 aliphatic rings. The van der Waals surface area contributed by atoms with Crippen molar-refractivity contribution in [2.24, 2.45) is 0 Å². The first-order chi connectivity index (χ1) is 7.95. The molecule has 1 unspecified atom stereocenters. The second kappa shape index (κ2) is 6.07. The zero-order valence-electron chi connectivity index (χ0n) is 10.00. The first kappa shape index (κ1) is 14.1. The monoisotopic (exact) mass is 275 g/mol. The molecular weight excluding hydrogens is 261 g/mol. The van der Waals surface area contributed by atoms with E-state index < -0.39 is 0 Å². The number of hydrogen-bond donors (Lipinski definition) is 1. The smallest absolute Gasteiger partial charge is 0.244 e. The summed E-state index contributed by atoms with van der Waals surface area (Å²) < 4.78 is 0. The minimum absolute atomic E-state index is 0.0136. The van der Waals surface area contributed by atoms with E-state index in [2.05, 4.69) is 10.3 Å². The number of likely N-dealkylation sites (N-methyl/N-ethyl adjacent to an activating group) is 1. The molecule has 1 atom stereocenters. The molecule has 0 saturated heterocycles. The topological polar surface area (TPSA) is 45.2 Å². The van der Waals surface area contributed by atoms with E-state index in [9.17, 15) is 4.79 Å². The number of rotatable bonds is 4. The third-order valence-electron chi connectivity index (χ3n) is 2.38. The largest absolute Gasteiger partial charge is 0.357 e. The van der Waals surface area contributed by atoms with Crippen LogP contribution in [-0.2, 0) is 4.79 Å². The Morgan fingerprint density at radius 2 is 2.24 bits per heavy atom. The van der Waals surface area contributed by atoms with Crippen LogP contribution < -0.4 is 5.32 Å². The van der Waals surface area contributed by atoms with Gasteiger partial charge in [-0.15, -0.1) is 0 Å². The Balaban J connectivity index is 2.74. The quantitative estimate of drug-likeness (QED) is 0.919. The number of amides is 1. The SMILES string of the molecule is CCN(C)C(=O)C(C)Nc1ncc(Cl)cc1Cl. The fourth-order valence-corrected chi connectivity index (χ4v) is 1.71. The number of halogens is 2. The van der Waals surface area contributed by atoms with Crippen LogP contribution in [0.15, 0.2) is 12.3 Å². The lowest BCUT2D eigenvalue weighted by molar-refractivity contribution is -0.130. The van der Waals surface area contributed by atoms with Gasteiger partial charge in [0.1, 0.15) is 11.9 Å². The van der Waals surface area contributed by atoms with Gasteiger partial charge < -0.3 is 10.2 Å². The van der Waals surface area contributed by atoms with Gasteiger partial charge in [-0.1, -0.05) is 23.2 Å². The molecule has 94 valence electrons. The van der Waals surface area contributed by atoms with Gasteiger partial charge in [-0.05, 0) is 19.9 Å². The number of nitrogens with zero attached hydrogens (tertiary/aromatic N) is 2. The van der Waals surface area contributed by atoms with E-state index in [1.165, 1.54) is 6.20 Å². The second-order valence-electron chi connectivity index (χ2n) is 3.70. The Bertz CT molecular complexity index is 412. The summed E-state index contributed by atoms with van der Waals surface area (Å²) in [5.41, 5.74) is 0. The lowest BCUT2D eigenvalue weighted by Gasteiger charge is -2.21. The van der Waals surface area contributed by atoms with Crippen molar-refractivity contribution in [2.75, 3.05) is 18.9 Å². The van der Waals surface area contributed by atoms with E-state index >= 15 is 0 Å². The van der Waals surface area contributed by atoms with E-state index in [1.54, 1.807) is 24.9 Å². The molecule has 1 amide bonds. The summed E-state index contributed by atoms with van der Waals surface area (Å²) in [7, 11) is 1.75. The van der Waals surface area contributed by atoms with Crippen LogP contribution in [0, 0.1) is 0 Å². The minimum Gasteiger partial charge on any atom is -0.357 e. The van der Waals surface area contributed by atoms with E-state index in [0.717, 1.165) is 0 Å². The predicted molar refractivity (Wildman–Crippen MR) is 70.7 cm³/mol. The summed E-state index contributed by atoms with van der Waals surface area (Å²) >= 11 is 11.7. The van der Waals surface area contributed by atoms with E-state index in [4.69, 9.17) is 23.2 Å². The van der Waals surface area contributed by atoms with E-state index in [0.29, 0.717) is 22.4 Å². The molecule has 0 bridgehead atoms. The first-order valence-electron chi connectivity index (χ1n) is 5.28. The van der Waals surface area contributed by atoms with Crippen molar-refractivity contribution in [1.29, 1.82) is 0 Å². The third-order valence-corrected chi connectivity index (χ3v) is 2.88. The number of hydrogen-bond acceptors (Lipinski definition) is 3. The van der Waals surface area contributed by atoms with Gasteiger partial charge in [-0.25, -0.2) is 4.98 Å². The van der Waals surface area contributed by atoms with Gasteiger partial charge in [0.15, 0.2) is 0 Å². The summed E-state index contributed by atoms with van der Waals surface area (Å²) in [5.74, 6) is 0.446. The van der Waals surface area contributed by atoms with Crippen LogP contribution in [0.2, 0.25) is 10.0 Å². The van der Waals surface area contributed by atoms with Crippen LogP contribution in [-0.4, -0.2) is 35.4 Å². The Kier molecular flexibility index (Phi) is 5.02. The maximum atomic E-state index is 11.8. The van der Waals surface area contributed by atoms with Gasteiger partial charge in [0.05, 0.1) is 10.0 Å². The summed E-state index contributed by atoms with van der Waals surface area (Å²) in [6, 6.07) is 1.20. The molecular formula is C11H15Cl2N3O. The lowest BCUT2D eigenvalue weighted by atomic mass is 10.3. The lowest BCUT2D eigenvalue weighted by Crippen LogP contribution is -2.39. The zero-order chi connectivity index (χ0) is 13.0. The van der Waals surface area contributed by atoms with Crippen molar-refractivity contribution >= 4 is 34.9 Å². The maximum Gasteiger partial charge on any atom is 0.244 e. The molecule has 1 aromatic rings. The minimum atomic E-state index is -0.383. The molecule has 0 aromatic carbocycles. The average molecular weight is 276 g/mol. The summed E-state index contributed by atoms with van der Waals surface area (Å²) in [6.45, 7) is 4.34. The predicted octanol–water partition coefficient (Wildman–Crippen LogP) is 2.67. The van der Waals surface area contributed by atoms with Gasteiger partial charge in [-0.3, -0.25) is 4.79 Å². The second-order valence-corrected chi connectivity index (χ2v) is 4.55. The standard InChI is InChI=1S/C11H15Cl2N3O/c1-4-16(3)11(17)7(2)15-10-9(13)5-8(12)6-14-10/h5-7H,4H2,1-3H3,(H,14,15). The van der Waals surface area contributed by atoms with Crippen molar-refractivity contribution in [2.45, 2.75) is 19.9 Å². The number of pyridine rings is 1. The third kappa shape index (κ3) is 3.75. The first-order valence-corrected chi connectivity index (χ1v) is 6.03. The fourth-order valence-electron chi connectivity index (χ4n) is 1.27. The molecule has 0 radical (unpaired) electrons. The van der Waals surface area contributed by atoms with Crippen LogP contribution >= 0.6 is 23.2 Å². The Morgan fingerprint density at radius 3 is 2.76 bits per heavy atom. The maximum absolute atomic E-state index is 11.8. The molecule has 0 aliphatic carbocycles. The molecule has 4 nitrogen and oxygen atoms in total. The summed E-state index contributed by atoms with van der Waals surface area (Å²) in [6.07, 6.45) is 1.48. The number of carbonyl (C=O) groups is 1. The van der Waals surface area contributed by atoms with E-state index in [-0.39, 0.29) is 11.9 Å². The molecule has 1 aromatic heterocycles. The van der Waals surface area contributed by atoms with Crippen LogP contribution in [0.1, 0.15) is 13.8 Å². The van der Waals surface area contributed by atoms with Gasteiger partial charge >= 0.3 is 0 Å². The number of anilines is 1. The molecule has 0 saturated carbocycles. The van der Waals surface area contributed by atoms with Crippen LogP contribution in [0.5, 0.6) is 0 Å². The summed E-state index contributed by atoms with van der Waals surface area (Å²) in [5, 5.41) is 3.82. The van der Waals surface area contributed by atoms with Crippen molar-refractivity contribution < 1.29 is 4.79 Å². The number of carbonyl (C=O) groups excluding carboxylic acids is 1. The molecule has 0 aliphatic heterocycles. The van der Waals surface area contributed by atoms with Crippen molar-refractivity contribution in [1.82, 2.24) is 9.88 Å². The molecule has 6 heteroatoms. The fraction of sp³-hybridized carbons (Fsp3) is 0.455. The van der Waals surface area contributed by atoms with Gasteiger partial charge in [0, 0.05) is 19.8 Å². The van der Waals surface area contributed by atoms with Crippen molar-refractivity contribution in [3.8, 4) is 0 Å². The highest BCUT2D eigenvalue weighted by molar-refractivity contribution is 6.36. The zero-order valence-corrected chi connectivity index (χ0v) is 11.5. The molecule has 0 spiro atoms. The molecule has 1 heterocycles. The Hall–Kier alpha value is -1.000. The number of nitrogens with one attached hydrogen (secondary N) is 1. The average Bonchev–Trinajstić information content (AvgIpc) is 2.30. The van der Waals surface area contributed by atoms with Crippen LogP contribution in [0.4, 0.5) is 5.82 Å². The molecule has 0 fully saturated rings. The molecule has 1 rings (SSSR count). The highest BCUT2D eigenvalue weighted by Gasteiger charge is 2.17. The number of aromatic nitrogens is 1. The Morgan fingerprint density at radius 1 is 1.59 bits per heavy atom. The summed E-state index contributed by atoms with van der Waals surface area (Å²) in [4.78, 5) is 17.5. The molecule has 17 heavy (non-hydrogen) atoms. The highest BCUT2D eigenvalue weighted by Crippen LogP contribution is 2.23. The van der Waals surface area contributed by atoms with Crippen LogP contribution in [0.3, 0.4) is 0 Å². The van der Waals surface area contributed by atoms with Gasteiger partial charge in [0.2, 0.25) is 5.91 Å².